The van der Waals surface area contributed by atoms with Crippen molar-refractivity contribution in [1.82, 2.24) is 4.90 Å². The molecule has 3 nitrogen and oxygen atoms in total. The quantitative estimate of drug-likeness (QED) is 0.808. The molecule has 0 saturated carbocycles. The van der Waals surface area contributed by atoms with E-state index < -0.39 is 0 Å². The number of ether oxygens (including phenoxy) is 2. The first-order valence-electron chi connectivity index (χ1n) is 6.30. The van der Waals surface area contributed by atoms with Crippen molar-refractivity contribution in [1.29, 1.82) is 0 Å². The Kier molecular flexibility index (Phi) is 3.21. The Morgan fingerprint density at radius 1 is 1.29 bits per heavy atom. The second-order valence-corrected chi connectivity index (χ2v) is 6.06. The zero-order valence-corrected chi connectivity index (χ0v) is 11.1. The highest BCUT2D eigenvalue weighted by Gasteiger charge is 2.39. The lowest BCUT2D eigenvalue weighted by Gasteiger charge is -2.37. The van der Waals surface area contributed by atoms with Crippen LogP contribution in [0.4, 0.5) is 0 Å². The fourth-order valence-corrected chi connectivity index (χ4v) is 3.38. The van der Waals surface area contributed by atoms with E-state index in [-0.39, 0.29) is 5.79 Å². The van der Waals surface area contributed by atoms with Crippen molar-refractivity contribution in [3.63, 3.8) is 0 Å². The summed E-state index contributed by atoms with van der Waals surface area (Å²) in [7, 11) is 0. The van der Waals surface area contributed by atoms with E-state index in [0.717, 1.165) is 45.7 Å². The summed E-state index contributed by atoms with van der Waals surface area (Å²) in [6.45, 7) is 6.93. The Bertz CT molecular complexity index is 375. The van der Waals surface area contributed by atoms with Crippen LogP contribution in [0.1, 0.15) is 23.3 Å². The van der Waals surface area contributed by atoms with Crippen LogP contribution in [0.3, 0.4) is 0 Å². The predicted molar refractivity (Wildman–Crippen MR) is 68.2 cm³/mol. The number of piperidine rings is 1. The summed E-state index contributed by atoms with van der Waals surface area (Å²) in [6.07, 6.45) is 2.02. The van der Waals surface area contributed by atoms with Crippen LogP contribution in [-0.4, -0.2) is 37.0 Å². The van der Waals surface area contributed by atoms with Crippen molar-refractivity contribution in [2.75, 3.05) is 26.3 Å². The first-order valence-corrected chi connectivity index (χ1v) is 7.18. The lowest BCUT2D eigenvalue weighted by Crippen LogP contribution is -2.44. The Morgan fingerprint density at radius 2 is 2.00 bits per heavy atom. The Balaban J connectivity index is 1.54. The zero-order valence-electron chi connectivity index (χ0n) is 10.3. The van der Waals surface area contributed by atoms with Gasteiger partial charge in [-0.1, -0.05) is 0 Å². The lowest BCUT2D eigenvalue weighted by atomic mass is 10.0. The molecule has 0 radical (unpaired) electrons. The molecule has 2 aliphatic heterocycles. The molecule has 0 aliphatic carbocycles. The number of rotatable bonds is 2. The molecule has 3 rings (SSSR count). The molecule has 0 amide bonds. The van der Waals surface area contributed by atoms with Crippen LogP contribution in [0.15, 0.2) is 11.4 Å². The van der Waals surface area contributed by atoms with E-state index in [0.29, 0.717) is 0 Å². The highest BCUT2D eigenvalue weighted by atomic mass is 32.1. The van der Waals surface area contributed by atoms with E-state index in [4.69, 9.17) is 9.47 Å². The van der Waals surface area contributed by atoms with Gasteiger partial charge in [-0.2, -0.15) is 0 Å². The largest absolute Gasteiger partial charge is 0.347 e. The highest BCUT2D eigenvalue weighted by molar-refractivity contribution is 7.10. The molecule has 4 heteroatoms. The van der Waals surface area contributed by atoms with Gasteiger partial charge in [0.2, 0.25) is 0 Å². The summed E-state index contributed by atoms with van der Waals surface area (Å²) in [4.78, 5) is 3.90. The molecule has 2 fully saturated rings. The van der Waals surface area contributed by atoms with Crippen molar-refractivity contribution in [2.45, 2.75) is 32.1 Å². The van der Waals surface area contributed by atoms with Gasteiger partial charge in [0.15, 0.2) is 5.79 Å². The third kappa shape index (κ3) is 2.55. The van der Waals surface area contributed by atoms with Gasteiger partial charge in [0.25, 0.3) is 0 Å². The summed E-state index contributed by atoms with van der Waals surface area (Å²) in [5.74, 6) is -0.235. The molecule has 0 N–H and O–H groups in total. The smallest absolute Gasteiger partial charge is 0.170 e. The summed E-state index contributed by atoms with van der Waals surface area (Å²) in [5.41, 5.74) is 1.44. The molecule has 1 spiro atoms. The average molecular weight is 253 g/mol. The summed E-state index contributed by atoms with van der Waals surface area (Å²) >= 11 is 1.84. The molecule has 0 unspecified atom stereocenters. The summed E-state index contributed by atoms with van der Waals surface area (Å²) in [6, 6.07) is 2.29. The molecule has 1 aromatic heterocycles. The van der Waals surface area contributed by atoms with Crippen LogP contribution >= 0.6 is 11.3 Å². The molecule has 0 atom stereocenters. The summed E-state index contributed by atoms with van der Waals surface area (Å²) in [5, 5.41) is 2.27. The van der Waals surface area contributed by atoms with Crippen LogP contribution in [0.2, 0.25) is 0 Å². The van der Waals surface area contributed by atoms with Crippen LogP contribution in [0.25, 0.3) is 0 Å². The number of hydrogen-bond donors (Lipinski definition) is 0. The molecule has 94 valence electrons. The molecule has 2 aliphatic rings. The van der Waals surface area contributed by atoms with Crippen molar-refractivity contribution >= 4 is 11.3 Å². The normalized spacial score (nSPS) is 24.5. The molecule has 2 saturated heterocycles. The topological polar surface area (TPSA) is 21.7 Å². The minimum absolute atomic E-state index is 0.235. The van der Waals surface area contributed by atoms with Gasteiger partial charge in [-0.3, -0.25) is 4.90 Å². The highest BCUT2D eigenvalue weighted by Crippen LogP contribution is 2.31. The van der Waals surface area contributed by atoms with Crippen molar-refractivity contribution in [3.8, 4) is 0 Å². The van der Waals surface area contributed by atoms with E-state index in [1.165, 1.54) is 10.4 Å². The number of aryl methyl sites for hydroxylation is 1. The lowest BCUT2D eigenvalue weighted by molar-refractivity contribution is -0.185. The molecule has 17 heavy (non-hydrogen) atoms. The standard InChI is InChI=1S/C13H19NO2S/c1-11-8-12(10-17-11)9-14-4-2-13(3-5-14)15-6-7-16-13/h8,10H,2-7,9H2,1H3. The number of thiophene rings is 1. The SMILES string of the molecule is Cc1cc(CN2CCC3(CC2)OCCO3)cs1. The molecule has 0 aromatic carbocycles. The fourth-order valence-electron chi connectivity index (χ4n) is 2.68. The van der Waals surface area contributed by atoms with Gasteiger partial charge in [0.05, 0.1) is 13.2 Å². The monoisotopic (exact) mass is 253 g/mol. The minimum atomic E-state index is -0.235. The van der Waals surface area contributed by atoms with E-state index in [9.17, 15) is 0 Å². The fraction of sp³-hybridized carbons (Fsp3) is 0.692. The van der Waals surface area contributed by atoms with Crippen LogP contribution in [0.5, 0.6) is 0 Å². The van der Waals surface area contributed by atoms with Gasteiger partial charge >= 0.3 is 0 Å². The van der Waals surface area contributed by atoms with Gasteiger partial charge in [0.1, 0.15) is 0 Å². The minimum Gasteiger partial charge on any atom is -0.347 e. The Labute approximate surface area is 106 Å². The van der Waals surface area contributed by atoms with Crippen LogP contribution in [-0.2, 0) is 16.0 Å². The molecular weight excluding hydrogens is 234 g/mol. The first kappa shape index (κ1) is 11.7. The predicted octanol–water partition coefficient (Wildman–Crippen LogP) is 2.40. The number of likely N-dealkylation sites (tertiary alicyclic amines) is 1. The van der Waals surface area contributed by atoms with E-state index in [1.807, 2.05) is 11.3 Å². The third-order valence-electron chi connectivity index (χ3n) is 3.62. The van der Waals surface area contributed by atoms with E-state index in [2.05, 4.69) is 23.3 Å². The average Bonchev–Trinajstić information content (AvgIpc) is 2.93. The van der Waals surface area contributed by atoms with Crippen LogP contribution < -0.4 is 0 Å². The third-order valence-corrected chi connectivity index (χ3v) is 4.53. The number of nitrogens with zero attached hydrogens (tertiary/aromatic N) is 1. The molecule has 1 aromatic rings. The maximum atomic E-state index is 5.74. The maximum Gasteiger partial charge on any atom is 0.170 e. The zero-order chi connectivity index (χ0) is 11.7. The second-order valence-electron chi connectivity index (χ2n) is 4.95. The van der Waals surface area contributed by atoms with Crippen LogP contribution in [0, 0.1) is 6.92 Å². The summed E-state index contributed by atoms with van der Waals surface area (Å²) < 4.78 is 11.5. The molecular formula is C13H19NO2S. The molecule has 0 bridgehead atoms. The maximum absolute atomic E-state index is 5.74. The van der Waals surface area contributed by atoms with E-state index in [1.54, 1.807) is 0 Å². The van der Waals surface area contributed by atoms with Gasteiger partial charge in [-0.05, 0) is 23.9 Å². The molecule has 3 heterocycles. The van der Waals surface area contributed by atoms with Gasteiger partial charge in [-0.15, -0.1) is 11.3 Å². The van der Waals surface area contributed by atoms with Gasteiger partial charge in [0, 0.05) is 37.4 Å². The Morgan fingerprint density at radius 3 is 2.59 bits per heavy atom. The van der Waals surface area contributed by atoms with Crippen molar-refractivity contribution < 1.29 is 9.47 Å². The Hall–Kier alpha value is -0.420. The van der Waals surface area contributed by atoms with Gasteiger partial charge in [-0.25, -0.2) is 0 Å². The second kappa shape index (κ2) is 4.69. The van der Waals surface area contributed by atoms with Gasteiger partial charge < -0.3 is 9.47 Å². The van der Waals surface area contributed by atoms with Crippen molar-refractivity contribution in [3.05, 3.63) is 21.9 Å². The first-order chi connectivity index (χ1) is 8.26. The van der Waals surface area contributed by atoms with E-state index >= 15 is 0 Å². The number of hydrogen-bond acceptors (Lipinski definition) is 4. The van der Waals surface area contributed by atoms with Crippen molar-refractivity contribution in [2.24, 2.45) is 0 Å².